The van der Waals surface area contributed by atoms with Crippen molar-refractivity contribution in [2.24, 2.45) is 0 Å². The number of aromatic nitrogens is 1. The lowest BCUT2D eigenvalue weighted by Crippen LogP contribution is -2.38. The summed E-state index contributed by atoms with van der Waals surface area (Å²) in [4.78, 5) is 17.9. The molecule has 0 amide bonds. The van der Waals surface area contributed by atoms with Crippen LogP contribution in [0.4, 0.5) is 13.2 Å². The number of alkyl halides is 3. The van der Waals surface area contributed by atoms with Gasteiger partial charge in [-0.05, 0) is 69.0 Å². The molecule has 180 valence electrons. The molecule has 0 fully saturated rings. The van der Waals surface area contributed by atoms with Gasteiger partial charge in [-0.25, -0.2) is 4.98 Å². The molecule has 4 rings (SSSR count). The highest BCUT2D eigenvalue weighted by molar-refractivity contribution is 7.98. The van der Waals surface area contributed by atoms with Gasteiger partial charge in [0.25, 0.3) is 0 Å². The molecule has 2 heterocycles. The molecule has 1 aliphatic rings. The van der Waals surface area contributed by atoms with E-state index < -0.39 is 23.3 Å². The fourth-order valence-corrected chi connectivity index (χ4v) is 6.27. The van der Waals surface area contributed by atoms with Crippen LogP contribution in [0.2, 0.25) is 0 Å². The third-order valence-electron chi connectivity index (χ3n) is 5.84. The van der Waals surface area contributed by atoms with Crippen LogP contribution in [-0.2, 0) is 23.1 Å². The van der Waals surface area contributed by atoms with Crippen LogP contribution >= 0.6 is 23.1 Å². The van der Waals surface area contributed by atoms with Gasteiger partial charge in [0.15, 0.2) is 0 Å². The fourth-order valence-electron chi connectivity index (χ4n) is 4.00. The van der Waals surface area contributed by atoms with E-state index in [0.717, 1.165) is 50.9 Å². The maximum Gasteiger partial charge on any atom is 0.416 e. The highest BCUT2D eigenvalue weighted by atomic mass is 32.2. The summed E-state index contributed by atoms with van der Waals surface area (Å²) in [6, 6.07) is 9.23. The van der Waals surface area contributed by atoms with Crippen molar-refractivity contribution in [1.29, 1.82) is 0 Å². The largest absolute Gasteiger partial charge is 0.486 e. The van der Waals surface area contributed by atoms with E-state index in [1.165, 1.54) is 23.5 Å². The van der Waals surface area contributed by atoms with Crippen LogP contribution in [0, 0.1) is 13.8 Å². The Kier molecular flexibility index (Phi) is 6.70. The number of halogens is 3. The average molecular weight is 508 g/mol. The number of thiazole rings is 1. The molecule has 34 heavy (non-hydrogen) atoms. The van der Waals surface area contributed by atoms with E-state index in [-0.39, 0.29) is 6.42 Å². The predicted molar refractivity (Wildman–Crippen MR) is 128 cm³/mol. The van der Waals surface area contributed by atoms with Gasteiger partial charge in [0.05, 0.1) is 17.7 Å². The standard InChI is InChI=1S/C25H24F3NO3S2/c1-14-10-19(11-17-8-9-24(3,12-21(30)31)32-22(14)17)33-13-20-15(2)29-23(34-20)16-4-6-18(7-5-16)25(26,27)28/h4-7,10-11H,8-9,12-13H2,1-3H3,(H,30,31). The summed E-state index contributed by atoms with van der Waals surface area (Å²) in [6.45, 7) is 5.72. The van der Waals surface area contributed by atoms with Crippen molar-refractivity contribution in [3.63, 3.8) is 0 Å². The molecule has 0 bridgehead atoms. The van der Waals surface area contributed by atoms with E-state index >= 15 is 0 Å². The first-order valence-electron chi connectivity index (χ1n) is 10.7. The van der Waals surface area contributed by atoms with Crippen LogP contribution in [0.15, 0.2) is 41.3 Å². The Balaban J connectivity index is 1.47. The molecule has 3 aromatic rings. The molecule has 0 saturated carbocycles. The van der Waals surface area contributed by atoms with Gasteiger partial charge in [-0.1, -0.05) is 12.1 Å². The number of hydrogen-bond donors (Lipinski definition) is 1. The van der Waals surface area contributed by atoms with E-state index in [4.69, 9.17) is 4.74 Å². The van der Waals surface area contributed by atoms with Gasteiger partial charge in [0.1, 0.15) is 16.4 Å². The third-order valence-corrected chi connectivity index (χ3v) is 8.23. The van der Waals surface area contributed by atoms with Crippen molar-refractivity contribution in [3.05, 3.63) is 63.7 Å². The second-order valence-corrected chi connectivity index (χ2v) is 10.9. The number of benzene rings is 2. The van der Waals surface area contributed by atoms with Crippen molar-refractivity contribution < 1.29 is 27.8 Å². The van der Waals surface area contributed by atoms with Crippen LogP contribution in [0.1, 0.15) is 47.0 Å². The molecule has 0 aliphatic carbocycles. The Labute approximate surface area is 204 Å². The summed E-state index contributed by atoms with van der Waals surface area (Å²) >= 11 is 3.16. The molecule has 1 atom stereocenters. The van der Waals surface area contributed by atoms with E-state index in [1.54, 1.807) is 11.8 Å². The molecule has 4 nitrogen and oxygen atoms in total. The van der Waals surface area contributed by atoms with Crippen LogP contribution in [0.5, 0.6) is 5.75 Å². The number of fused-ring (bicyclic) bond motifs is 1. The van der Waals surface area contributed by atoms with Crippen LogP contribution in [0.3, 0.4) is 0 Å². The molecule has 0 spiro atoms. The number of ether oxygens (including phenoxy) is 1. The van der Waals surface area contributed by atoms with Gasteiger partial charge >= 0.3 is 12.1 Å². The molecule has 9 heteroatoms. The lowest BCUT2D eigenvalue weighted by atomic mass is 9.89. The van der Waals surface area contributed by atoms with Crippen LogP contribution < -0.4 is 4.74 Å². The summed E-state index contributed by atoms with van der Waals surface area (Å²) in [5, 5.41) is 9.88. The Bertz CT molecular complexity index is 1220. The number of rotatable bonds is 6. The molecule has 1 aromatic heterocycles. The molecule has 1 N–H and O–H groups in total. The van der Waals surface area contributed by atoms with Gasteiger partial charge in [-0.3, -0.25) is 4.79 Å². The van der Waals surface area contributed by atoms with Gasteiger partial charge < -0.3 is 9.84 Å². The van der Waals surface area contributed by atoms with Crippen LogP contribution in [-0.4, -0.2) is 21.7 Å². The maximum atomic E-state index is 12.8. The number of thioether (sulfide) groups is 1. The molecular weight excluding hydrogens is 483 g/mol. The number of hydrogen-bond acceptors (Lipinski definition) is 5. The van der Waals surface area contributed by atoms with Crippen molar-refractivity contribution in [2.45, 2.75) is 62.5 Å². The smallest absolute Gasteiger partial charge is 0.416 e. The average Bonchev–Trinajstić information content (AvgIpc) is 3.12. The quantitative estimate of drug-likeness (QED) is 0.355. The molecule has 0 saturated heterocycles. The fraction of sp³-hybridized carbons (Fsp3) is 0.360. The summed E-state index contributed by atoms with van der Waals surface area (Å²) < 4.78 is 44.6. The zero-order valence-electron chi connectivity index (χ0n) is 19.0. The summed E-state index contributed by atoms with van der Waals surface area (Å²) in [5.41, 5.74) is 2.22. The van der Waals surface area contributed by atoms with Gasteiger partial charge in [-0.2, -0.15) is 13.2 Å². The van der Waals surface area contributed by atoms with Crippen molar-refractivity contribution in [2.75, 3.05) is 0 Å². The topological polar surface area (TPSA) is 59.4 Å². The minimum absolute atomic E-state index is 0.0334. The predicted octanol–water partition coefficient (Wildman–Crippen LogP) is 7.30. The SMILES string of the molecule is Cc1cc(SCc2sc(-c3ccc(C(F)(F)F)cc3)nc2C)cc2c1OC(C)(CC(=O)O)CC2. The van der Waals surface area contributed by atoms with Gasteiger partial charge in [0, 0.05) is 21.1 Å². The van der Waals surface area contributed by atoms with Gasteiger partial charge in [0.2, 0.25) is 0 Å². The maximum absolute atomic E-state index is 12.8. The number of carboxylic acids is 1. The summed E-state index contributed by atoms with van der Waals surface area (Å²) in [6.07, 6.45) is -2.99. The monoisotopic (exact) mass is 507 g/mol. The van der Waals surface area contributed by atoms with Crippen molar-refractivity contribution in [1.82, 2.24) is 4.98 Å². The molecule has 0 radical (unpaired) electrons. The lowest BCUT2D eigenvalue weighted by Gasteiger charge is -2.35. The number of carbonyl (C=O) groups is 1. The normalized spacial score (nSPS) is 17.8. The second-order valence-electron chi connectivity index (χ2n) is 8.74. The Morgan fingerprint density at radius 2 is 1.94 bits per heavy atom. The van der Waals surface area contributed by atoms with E-state index in [1.807, 2.05) is 26.8 Å². The minimum Gasteiger partial charge on any atom is -0.486 e. The molecule has 1 aliphatic heterocycles. The molecule has 2 aromatic carbocycles. The molecular formula is C25H24F3NO3S2. The van der Waals surface area contributed by atoms with Crippen molar-refractivity contribution >= 4 is 29.1 Å². The summed E-state index contributed by atoms with van der Waals surface area (Å²) in [7, 11) is 0. The summed E-state index contributed by atoms with van der Waals surface area (Å²) in [5.74, 6) is 0.601. The Morgan fingerprint density at radius 3 is 2.59 bits per heavy atom. The first-order valence-corrected chi connectivity index (χ1v) is 12.5. The number of aryl methyl sites for hydroxylation is 3. The zero-order chi connectivity index (χ0) is 24.7. The third kappa shape index (κ3) is 5.41. The van der Waals surface area contributed by atoms with Crippen molar-refractivity contribution in [3.8, 4) is 16.3 Å². The number of nitrogens with zero attached hydrogens (tertiary/aromatic N) is 1. The highest BCUT2D eigenvalue weighted by Gasteiger charge is 2.35. The zero-order valence-corrected chi connectivity index (χ0v) is 20.6. The molecule has 1 unspecified atom stereocenters. The lowest BCUT2D eigenvalue weighted by molar-refractivity contribution is -0.141. The van der Waals surface area contributed by atoms with Crippen LogP contribution in [0.25, 0.3) is 10.6 Å². The first-order chi connectivity index (χ1) is 15.9. The first kappa shape index (κ1) is 24.6. The second kappa shape index (κ2) is 9.26. The Hall–Kier alpha value is -2.52. The minimum atomic E-state index is -4.36. The van der Waals surface area contributed by atoms with Gasteiger partial charge in [-0.15, -0.1) is 23.1 Å². The van der Waals surface area contributed by atoms with E-state index in [0.29, 0.717) is 22.7 Å². The Morgan fingerprint density at radius 1 is 1.24 bits per heavy atom. The highest BCUT2D eigenvalue weighted by Crippen LogP contribution is 2.41. The number of carboxylic acid groups (broad SMARTS) is 1. The van der Waals surface area contributed by atoms with E-state index in [2.05, 4.69) is 11.1 Å². The van der Waals surface area contributed by atoms with E-state index in [9.17, 15) is 23.1 Å². The number of aliphatic carboxylic acids is 1.